The van der Waals surface area contributed by atoms with Crippen molar-refractivity contribution in [1.29, 1.82) is 0 Å². The summed E-state index contributed by atoms with van der Waals surface area (Å²) in [5.41, 5.74) is 0. The molecule has 2 N–H and O–H groups in total. The van der Waals surface area contributed by atoms with Gasteiger partial charge in [0.05, 0.1) is 0 Å². The molecule has 0 aromatic rings. The SMILES string of the molecule is CCOC(O)(C(=O)O)C(C)C. The first-order valence-corrected chi connectivity index (χ1v) is 3.54. The lowest BCUT2D eigenvalue weighted by molar-refractivity contribution is -0.238. The van der Waals surface area contributed by atoms with Gasteiger partial charge >= 0.3 is 5.97 Å². The van der Waals surface area contributed by atoms with Crippen LogP contribution in [0.2, 0.25) is 0 Å². The average Bonchev–Trinajstić information content (AvgIpc) is 1.87. The molecule has 0 aromatic heterocycles. The van der Waals surface area contributed by atoms with Crippen molar-refractivity contribution >= 4 is 5.97 Å². The Hall–Kier alpha value is -0.610. The summed E-state index contributed by atoms with van der Waals surface area (Å²) in [5.74, 6) is -3.83. The molecule has 1 atom stereocenters. The van der Waals surface area contributed by atoms with E-state index in [1.165, 1.54) is 0 Å². The largest absolute Gasteiger partial charge is 0.477 e. The lowest BCUT2D eigenvalue weighted by Crippen LogP contribution is -2.46. The number of aliphatic hydroxyl groups is 1. The first-order valence-electron chi connectivity index (χ1n) is 3.54. The Kier molecular flexibility index (Phi) is 3.48. The zero-order chi connectivity index (χ0) is 9.07. The van der Waals surface area contributed by atoms with Crippen LogP contribution in [0.25, 0.3) is 0 Å². The molecule has 0 fully saturated rings. The van der Waals surface area contributed by atoms with Gasteiger partial charge in [0.1, 0.15) is 0 Å². The maximum absolute atomic E-state index is 10.5. The first kappa shape index (κ1) is 10.4. The number of hydrogen-bond donors (Lipinski definition) is 2. The van der Waals surface area contributed by atoms with Gasteiger partial charge < -0.3 is 14.9 Å². The van der Waals surface area contributed by atoms with Gasteiger partial charge in [0, 0.05) is 12.5 Å². The highest BCUT2D eigenvalue weighted by Gasteiger charge is 2.40. The second-order valence-electron chi connectivity index (χ2n) is 2.59. The van der Waals surface area contributed by atoms with E-state index in [-0.39, 0.29) is 6.61 Å². The fourth-order valence-corrected chi connectivity index (χ4v) is 0.695. The Morgan fingerprint density at radius 2 is 2.09 bits per heavy atom. The van der Waals surface area contributed by atoms with Crippen LogP contribution in [-0.2, 0) is 9.53 Å². The highest BCUT2D eigenvalue weighted by atomic mass is 16.6. The van der Waals surface area contributed by atoms with Crippen molar-refractivity contribution in [2.24, 2.45) is 5.92 Å². The molecule has 11 heavy (non-hydrogen) atoms. The van der Waals surface area contributed by atoms with Crippen molar-refractivity contribution in [2.75, 3.05) is 6.61 Å². The van der Waals surface area contributed by atoms with Gasteiger partial charge in [-0.3, -0.25) is 0 Å². The van der Waals surface area contributed by atoms with E-state index in [4.69, 9.17) is 9.84 Å². The van der Waals surface area contributed by atoms with E-state index >= 15 is 0 Å². The lowest BCUT2D eigenvalue weighted by atomic mass is 10.0. The van der Waals surface area contributed by atoms with Crippen LogP contribution >= 0.6 is 0 Å². The molecule has 0 saturated heterocycles. The summed E-state index contributed by atoms with van der Waals surface area (Å²) in [5, 5.41) is 17.9. The molecule has 0 bridgehead atoms. The summed E-state index contributed by atoms with van der Waals surface area (Å²) < 4.78 is 4.71. The smallest absolute Gasteiger partial charge is 0.364 e. The molecule has 4 heteroatoms. The van der Waals surface area contributed by atoms with Crippen LogP contribution in [0.15, 0.2) is 0 Å². The molecule has 66 valence electrons. The molecular formula is C7H14O4. The van der Waals surface area contributed by atoms with Crippen molar-refractivity contribution in [2.45, 2.75) is 26.6 Å². The van der Waals surface area contributed by atoms with Gasteiger partial charge in [-0.1, -0.05) is 13.8 Å². The molecule has 0 saturated carbocycles. The molecule has 0 heterocycles. The van der Waals surface area contributed by atoms with Crippen LogP contribution in [0.1, 0.15) is 20.8 Å². The third-order valence-corrected chi connectivity index (χ3v) is 1.45. The minimum atomic E-state index is -2.03. The van der Waals surface area contributed by atoms with Gasteiger partial charge in [0.25, 0.3) is 5.79 Å². The molecule has 0 aromatic carbocycles. The van der Waals surface area contributed by atoms with E-state index in [0.29, 0.717) is 0 Å². The maximum Gasteiger partial charge on any atom is 0.364 e. The molecule has 0 aliphatic carbocycles. The monoisotopic (exact) mass is 162 g/mol. The first-order chi connectivity index (χ1) is 4.95. The Morgan fingerprint density at radius 1 is 1.64 bits per heavy atom. The predicted octanol–water partition coefficient (Wildman–Crippen LogP) is 0.452. The maximum atomic E-state index is 10.5. The van der Waals surface area contributed by atoms with Crippen LogP contribution in [0.5, 0.6) is 0 Å². The van der Waals surface area contributed by atoms with Crippen LogP contribution in [0.4, 0.5) is 0 Å². The molecule has 0 rings (SSSR count). The normalized spacial score (nSPS) is 16.5. The average molecular weight is 162 g/mol. The van der Waals surface area contributed by atoms with Crippen molar-refractivity contribution in [3.8, 4) is 0 Å². The van der Waals surface area contributed by atoms with E-state index in [1.54, 1.807) is 20.8 Å². The summed E-state index contributed by atoms with van der Waals surface area (Å²) >= 11 is 0. The Morgan fingerprint density at radius 3 is 2.18 bits per heavy atom. The summed E-state index contributed by atoms with van der Waals surface area (Å²) in [4.78, 5) is 10.5. The summed E-state index contributed by atoms with van der Waals surface area (Å²) in [6.45, 7) is 4.99. The topological polar surface area (TPSA) is 66.8 Å². The minimum Gasteiger partial charge on any atom is -0.477 e. The van der Waals surface area contributed by atoms with Gasteiger partial charge in [-0.2, -0.15) is 0 Å². The summed E-state index contributed by atoms with van der Waals surface area (Å²) in [7, 11) is 0. The third-order valence-electron chi connectivity index (χ3n) is 1.45. The quantitative estimate of drug-likeness (QED) is 0.589. The van der Waals surface area contributed by atoms with Gasteiger partial charge in [-0.25, -0.2) is 4.79 Å². The van der Waals surface area contributed by atoms with Gasteiger partial charge in [0.15, 0.2) is 0 Å². The molecule has 0 amide bonds. The zero-order valence-electron chi connectivity index (χ0n) is 7.00. The third kappa shape index (κ3) is 2.17. The fraction of sp³-hybridized carbons (Fsp3) is 0.857. The van der Waals surface area contributed by atoms with E-state index in [1.807, 2.05) is 0 Å². The van der Waals surface area contributed by atoms with E-state index in [9.17, 15) is 9.90 Å². The number of rotatable bonds is 4. The highest BCUT2D eigenvalue weighted by molar-refractivity contribution is 5.75. The van der Waals surface area contributed by atoms with Crippen LogP contribution in [0.3, 0.4) is 0 Å². The fourth-order valence-electron chi connectivity index (χ4n) is 0.695. The van der Waals surface area contributed by atoms with E-state index < -0.39 is 17.7 Å². The molecule has 0 radical (unpaired) electrons. The second kappa shape index (κ2) is 3.69. The number of carboxylic acids is 1. The zero-order valence-corrected chi connectivity index (χ0v) is 7.00. The van der Waals surface area contributed by atoms with E-state index in [2.05, 4.69) is 0 Å². The Bertz CT molecular complexity index is 143. The number of carboxylic acid groups (broad SMARTS) is 1. The molecule has 4 nitrogen and oxygen atoms in total. The van der Waals surface area contributed by atoms with Crippen LogP contribution < -0.4 is 0 Å². The van der Waals surface area contributed by atoms with Crippen molar-refractivity contribution in [1.82, 2.24) is 0 Å². The van der Waals surface area contributed by atoms with Crippen molar-refractivity contribution in [3.63, 3.8) is 0 Å². The standard InChI is InChI=1S/C7H14O4/c1-4-11-7(10,5(2)3)6(8)9/h5,10H,4H2,1-3H3,(H,8,9). The summed E-state index contributed by atoms with van der Waals surface area (Å²) in [6.07, 6.45) is 0. The van der Waals surface area contributed by atoms with Crippen LogP contribution in [0, 0.1) is 5.92 Å². The Labute approximate surface area is 65.8 Å². The highest BCUT2D eigenvalue weighted by Crippen LogP contribution is 2.18. The molecule has 0 aliphatic rings. The van der Waals surface area contributed by atoms with Crippen LogP contribution in [-0.4, -0.2) is 28.6 Å². The molecule has 1 unspecified atom stereocenters. The number of carbonyl (C=O) groups is 1. The second-order valence-corrected chi connectivity index (χ2v) is 2.59. The minimum absolute atomic E-state index is 0.182. The van der Waals surface area contributed by atoms with Crippen molar-refractivity contribution in [3.05, 3.63) is 0 Å². The summed E-state index contributed by atoms with van der Waals surface area (Å²) in [6, 6.07) is 0. The number of ether oxygens (including phenoxy) is 1. The van der Waals surface area contributed by atoms with Gasteiger partial charge in [0.2, 0.25) is 0 Å². The van der Waals surface area contributed by atoms with Gasteiger partial charge in [-0.05, 0) is 6.92 Å². The van der Waals surface area contributed by atoms with Crippen molar-refractivity contribution < 1.29 is 19.7 Å². The van der Waals surface area contributed by atoms with Gasteiger partial charge in [-0.15, -0.1) is 0 Å². The molecular weight excluding hydrogens is 148 g/mol. The molecule has 0 spiro atoms. The predicted molar refractivity (Wildman–Crippen MR) is 39.0 cm³/mol. The van der Waals surface area contributed by atoms with E-state index in [0.717, 1.165) is 0 Å². The molecule has 0 aliphatic heterocycles. The Balaban J connectivity index is 4.38. The lowest BCUT2D eigenvalue weighted by Gasteiger charge is -2.26. The number of aliphatic carboxylic acids is 1. The number of hydrogen-bond acceptors (Lipinski definition) is 3.